The van der Waals surface area contributed by atoms with E-state index in [2.05, 4.69) is 5.32 Å². The van der Waals surface area contributed by atoms with Crippen LogP contribution in [0, 0.1) is 0 Å². The van der Waals surface area contributed by atoms with Crippen LogP contribution in [-0.4, -0.2) is 69.9 Å². The number of likely N-dealkylation sites (N-methyl/N-ethyl adjacent to an activating group) is 1. The van der Waals surface area contributed by atoms with E-state index in [1.54, 1.807) is 0 Å². The topological polar surface area (TPSA) is 121 Å². The molecule has 2 rings (SSSR count). The average Bonchev–Trinajstić information content (AvgIpc) is 3.01. The fourth-order valence-corrected chi connectivity index (χ4v) is 6.73. The third kappa shape index (κ3) is 3.18. The molecule has 1 aromatic rings. The van der Waals surface area contributed by atoms with Gasteiger partial charge in [0.25, 0.3) is 5.91 Å². The Bertz CT molecular complexity index is 783. The summed E-state index contributed by atoms with van der Waals surface area (Å²) in [6.07, 6.45) is -1.26. The average molecular weight is 368 g/mol. The van der Waals surface area contributed by atoms with Crippen molar-refractivity contribution < 1.29 is 26.7 Å². The van der Waals surface area contributed by atoms with E-state index in [0.29, 0.717) is 0 Å². The summed E-state index contributed by atoms with van der Waals surface area (Å²) >= 11 is 0.971. The van der Waals surface area contributed by atoms with Gasteiger partial charge in [-0.05, 0) is 6.07 Å². The summed E-state index contributed by atoms with van der Waals surface area (Å²) in [7, 11) is -4.79. The summed E-state index contributed by atoms with van der Waals surface area (Å²) in [5.74, 6) is -1.28. The third-order valence-corrected chi connectivity index (χ3v) is 8.10. The minimum Gasteiger partial charge on any atom is -0.390 e. The van der Waals surface area contributed by atoms with Crippen LogP contribution < -0.4 is 5.32 Å². The molecule has 1 aliphatic heterocycles. The molecule has 1 aliphatic rings. The maximum atomic E-state index is 12.5. The standard InChI is InChI=1S/C11H16N2O6S3/c1-12-11(15)10-3-7(4-20-10)22(18,19)13(2)8-5-21(16,17)6-9(8)14/h3-4,8-9,14H,5-6H2,1-2H3,(H,12,15)/t8-,9-/m1/s1. The molecule has 0 aromatic carbocycles. The van der Waals surface area contributed by atoms with Crippen LogP contribution in [0.2, 0.25) is 0 Å². The number of hydrogen-bond donors (Lipinski definition) is 2. The normalized spacial score (nSPS) is 24.5. The summed E-state index contributed by atoms with van der Waals surface area (Å²) in [6.45, 7) is 0. The number of thiophene rings is 1. The van der Waals surface area contributed by atoms with Crippen LogP contribution in [0.1, 0.15) is 9.67 Å². The molecule has 11 heteroatoms. The van der Waals surface area contributed by atoms with Crippen molar-refractivity contribution in [3.05, 3.63) is 16.3 Å². The minimum absolute atomic E-state index is 0.102. The SMILES string of the molecule is CNC(=O)c1cc(S(=O)(=O)N(C)[C@@H]2CS(=O)(=O)C[C@H]2O)cs1. The van der Waals surface area contributed by atoms with E-state index >= 15 is 0 Å². The molecule has 2 atom stereocenters. The Labute approximate surface area is 132 Å². The quantitative estimate of drug-likeness (QED) is 0.695. The summed E-state index contributed by atoms with van der Waals surface area (Å²) in [6, 6.07) is 0.198. The maximum Gasteiger partial charge on any atom is 0.261 e. The Morgan fingerprint density at radius 3 is 2.59 bits per heavy atom. The number of aliphatic hydroxyl groups is 1. The Kier molecular flexibility index (Phi) is 4.64. The van der Waals surface area contributed by atoms with Crippen LogP contribution in [0.25, 0.3) is 0 Å². The molecule has 1 aromatic heterocycles. The monoisotopic (exact) mass is 368 g/mol. The summed E-state index contributed by atoms with van der Waals surface area (Å²) in [4.78, 5) is 11.6. The van der Waals surface area contributed by atoms with Crippen molar-refractivity contribution in [1.82, 2.24) is 9.62 Å². The smallest absolute Gasteiger partial charge is 0.261 e. The van der Waals surface area contributed by atoms with Gasteiger partial charge in [-0.1, -0.05) is 0 Å². The van der Waals surface area contributed by atoms with E-state index in [9.17, 15) is 26.7 Å². The molecular formula is C11H16N2O6S3. The molecule has 22 heavy (non-hydrogen) atoms. The van der Waals surface area contributed by atoms with Crippen molar-refractivity contribution in [2.24, 2.45) is 0 Å². The molecule has 0 bridgehead atoms. The lowest BCUT2D eigenvalue weighted by molar-refractivity contribution is 0.0967. The first-order chi connectivity index (χ1) is 10.1. The zero-order chi connectivity index (χ0) is 16.7. The maximum absolute atomic E-state index is 12.5. The molecule has 2 N–H and O–H groups in total. The number of nitrogens with one attached hydrogen (secondary N) is 1. The largest absolute Gasteiger partial charge is 0.390 e. The van der Waals surface area contributed by atoms with E-state index in [-0.39, 0.29) is 9.77 Å². The van der Waals surface area contributed by atoms with Crippen LogP contribution in [0.4, 0.5) is 0 Å². The molecule has 1 saturated heterocycles. The summed E-state index contributed by atoms with van der Waals surface area (Å²) in [5, 5.41) is 13.5. The van der Waals surface area contributed by atoms with Crippen LogP contribution in [0.3, 0.4) is 0 Å². The van der Waals surface area contributed by atoms with Gasteiger partial charge in [0.1, 0.15) is 0 Å². The second-order valence-corrected chi connectivity index (χ2v) is 10.0. The summed E-state index contributed by atoms with van der Waals surface area (Å²) < 4.78 is 48.9. The number of hydrogen-bond acceptors (Lipinski definition) is 7. The Morgan fingerprint density at radius 2 is 2.09 bits per heavy atom. The molecule has 1 amide bonds. The molecule has 0 saturated carbocycles. The van der Waals surface area contributed by atoms with Gasteiger partial charge in [0.05, 0.1) is 33.4 Å². The number of nitrogens with zero attached hydrogens (tertiary/aromatic N) is 1. The number of aliphatic hydroxyl groups excluding tert-OH is 1. The van der Waals surface area contributed by atoms with Gasteiger partial charge >= 0.3 is 0 Å². The predicted molar refractivity (Wildman–Crippen MR) is 81.1 cm³/mol. The lowest BCUT2D eigenvalue weighted by Crippen LogP contribution is -2.43. The van der Waals surface area contributed by atoms with Gasteiger partial charge in [-0.25, -0.2) is 16.8 Å². The number of amides is 1. The number of sulfonamides is 1. The molecule has 0 unspecified atom stereocenters. The second-order valence-electron chi connectivity index (χ2n) is 4.96. The second kappa shape index (κ2) is 5.89. The fourth-order valence-electron chi connectivity index (χ4n) is 2.20. The van der Waals surface area contributed by atoms with E-state index in [1.807, 2.05) is 0 Å². The molecule has 8 nitrogen and oxygen atoms in total. The van der Waals surface area contributed by atoms with Crippen LogP contribution in [-0.2, 0) is 19.9 Å². The highest BCUT2D eigenvalue weighted by molar-refractivity contribution is 7.92. The van der Waals surface area contributed by atoms with Crippen molar-refractivity contribution in [3.63, 3.8) is 0 Å². The van der Waals surface area contributed by atoms with E-state index in [4.69, 9.17) is 0 Å². The molecule has 0 spiro atoms. The lowest BCUT2D eigenvalue weighted by Gasteiger charge is -2.24. The van der Waals surface area contributed by atoms with Crippen molar-refractivity contribution in [2.45, 2.75) is 17.0 Å². The van der Waals surface area contributed by atoms with Crippen molar-refractivity contribution in [3.8, 4) is 0 Å². The number of rotatable bonds is 4. The third-order valence-electron chi connectivity index (χ3n) is 3.46. The highest BCUT2D eigenvalue weighted by Crippen LogP contribution is 2.26. The van der Waals surface area contributed by atoms with E-state index < -0.39 is 49.4 Å². The Hall–Kier alpha value is -1.01. The summed E-state index contributed by atoms with van der Waals surface area (Å²) in [5.41, 5.74) is 0. The Balaban J connectivity index is 2.30. The minimum atomic E-state index is -3.99. The fraction of sp³-hybridized carbons (Fsp3) is 0.545. The van der Waals surface area contributed by atoms with Gasteiger partial charge in [-0.2, -0.15) is 4.31 Å². The number of sulfone groups is 1. The van der Waals surface area contributed by atoms with Crippen LogP contribution >= 0.6 is 11.3 Å². The van der Waals surface area contributed by atoms with Crippen molar-refractivity contribution in [1.29, 1.82) is 0 Å². The zero-order valence-electron chi connectivity index (χ0n) is 11.9. The molecule has 0 aliphatic carbocycles. The molecule has 0 radical (unpaired) electrons. The van der Waals surface area contributed by atoms with Gasteiger partial charge in [-0.3, -0.25) is 4.79 Å². The molecule has 1 fully saturated rings. The lowest BCUT2D eigenvalue weighted by atomic mass is 10.2. The van der Waals surface area contributed by atoms with Crippen molar-refractivity contribution in [2.75, 3.05) is 25.6 Å². The first-order valence-electron chi connectivity index (χ1n) is 6.25. The Morgan fingerprint density at radius 1 is 1.45 bits per heavy atom. The van der Waals surface area contributed by atoms with Gasteiger partial charge < -0.3 is 10.4 Å². The first kappa shape index (κ1) is 17.3. The molecule has 124 valence electrons. The number of carbonyl (C=O) groups excluding carboxylic acids is 1. The highest BCUT2D eigenvalue weighted by atomic mass is 32.2. The van der Waals surface area contributed by atoms with E-state index in [0.717, 1.165) is 15.6 Å². The van der Waals surface area contributed by atoms with Crippen molar-refractivity contribution >= 4 is 37.1 Å². The molecular weight excluding hydrogens is 352 g/mol. The van der Waals surface area contributed by atoms with Crippen LogP contribution in [0.5, 0.6) is 0 Å². The highest BCUT2D eigenvalue weighted by Gasteiger charge is 2.43. The van der Waals surface area contributed by atoms with Crippen LogP contribution in [0.15, 0.2) is 16.3 Å². The number of carbonyl (C=O) groups is 1. The molecule has 2 heterocycles. The van der Waals surface area contributed by atoms with Gasteiger partial charge in [-0.15, -0.1) is 11.3 Å². The first-order valence-corrected chi connectivity index (χ1v) is 10.4. The van der Waals surface area contributed by atoms with Gasteiger partial charge in [0.15, 0.2) is 9.84 Å². The predicted octanol–water partition coefficient (Wildman–Crippen LogP) is -1.11. The zero-order valence-corrected chi connectivity index (χ0v) is 14.3. The van der Waals surface area contributed by atoms with E-state index in [1.165, 1.54) is 25.5 Å². The van der Waals surface area contributed by atoms with Gasteiger partial charge in [0, 0.05) is 19.5 Å². The van der Waals surface area contributed by atoms with Gasteiger partial charge in [0.2, 0.25) is 10.0 Å².